The maximum absolute atomic E-state index is 13.2. The standard InChI is InChI=1S/C22H15ClF3N3O2/c1-13-19(29-12-14(22(24,25)26)11-16(23)20(29)27-13)21(30)28-17-9-5-6-10-18(17)31-15-7-3-2-4-8-15/h2-12H,1H3,(H,28,30). The number of halogens is 4. The number of benzene rings is 2. The Bertz CT molecular complexity index is 1270. The summed E-state index contributed by atoms with van der Waals surface area (Å²) in [7, 11) is 0. The molecule has 0 spiro atoms. The Morgan fingerprint density at radius 1 is 1.10 bits per heavy atom. The van der Waals surface area contributed by atoms with Crippen LogP contribution in [0.3, 0.4) is 0 Å². The highest BCUT2D eigenvalue weighted by molar-refractivity contribution is 6.33. The van der Waals surface area contributed by atoms with Gasteiger partial charge in [-0.3, -0.25) is 9.20 Å². The van der Waals surface area contributed by atoms with Crippen molar-refractivity contribution in [3.8, 4) is 11.5 Å². The van der Waals surface area contributed by atoms with E-state index in [1.54, 1.807) is 48.5 Å². The molecule has 0 aliphatic heterocycles. The Balaban J connectivity index is 1.72. The van der Waals surface area contributed by atoms with Gasteiger partial charge in [0.1, 0.15) is 11.4 Å². The van der Waals surface area contributed by atoms with Crippen molar-refractivity contribution in [1.82, 2.24) is 9.38 Å². The Labute approximate surface area is 180 Å². The monoisotopic (exact) mass is 445 g/mol. The van der Waals surface area contributed by atoms with Crippen molar-refractivity contribution in [1.29, 1.82) is 0 Å². The number of ether oxygens (including phenoxy) is 1. The van der Waals surface area contributed by atoms with Crippen molar-refractivity contribution < 1.29 is 22.7 Å². The largest absolute Gasteiger partial charge is 0.455 e. The number of nitrogens with zero attached hydrogens (tertiary/aromatic N) is 2. The van der Waals surface area contributed by atoms with Gasteiger partial charge in [0.05, 0.1) is 22.0 Å². The summed E-state index contributed by atoms with van der Waals surface area (Å²) in [6, 6.07) is 16.5. The number of carbonyl (C=O) groups is 1. The van der Waals surface area contributed by atoms with Crippen LogP contribution in [0.2, 0.25) is 5.02 Å². The molecule has 5 nitrogen and oxygen atoms in total. The first-order valence-electron chi connectivity index (χ1n) is 9.12. The number of aryl methyl sites for hydroxylation is 1. The van der Waals surface area contributed by atoms with Crippen LogP contribution in [0.4, 0.5) is 18.9 Å². The molecule has 1 N–H and O–H groups in total. The molecule has 0 saturated heterocycles. The SMILES string of the molecule is Cc1nc2c(Cl)cc(C(F)(F)F)cn2c1C(=O)Nc1ccccc1Oc1ccccc1. The van der Waals surface area contributed by atoms with Crippen molar-refractivity contribution in [3.05, 3.63) is 88.8 Å². The second-order valence-electron chi connectivity index (χ2n) is 6.68. The quantitative estimate of drug-likeness (QED) is 0.397. The number of hydrogen-bond acceptors (Lipinski definition) is 3. The summed E-state index contributed by atoms with van der Waals surface area (Å²) in [4.78, 5) is 17.2. The van der Waals surface area contributed by atoms with Crippen LogP contribution in [0.1, 0.15) is 21.7 Å². The van der Waals surface area contributed by atoms with Crippen molar-refractivity contribution >= 4 is 28.8 Å². The van der Waals surface area contributed by atoms with Crippen LogP contribution in [0.25, 0.3) is 5.65 Å². The zero-order valence-electron chi connectivity index (χ0n) is 16.1. The number of imidazole rings is 1. The Morgan fingerprint density at radius 2 is 1.77 bits per heavy atom. The maximum Gasteiger partial charge on any atom is 0.417 e. The van der Waals surface area contributed by atoms with Gasteiger partial charge in [-0.05, 0) is 37.3 Å². The van der Waals surface area contributed by atoms with E-state index in [9.17, 15) is 18.0 Å². The number of alkyl halides is 3. The minimum Gasteiger partial charge on any atom is -0.455 e. The number of para-hydroxylation sites is 3. The van der Waals surface area contributed by atoms with Gasteiger partial charge < -0.3 is 10.1 Å². The van der Waals surface area contributed by atoms with Crippen LogP contribution >= 0.6 is 11.6 Å². The zero-order valence-corrected chi connectivity index (χ0v) is 16.8. The molecule has 158 valence electrons. The van der Waals surface area contributed by atoms with Crippen molar-refractivity contribution in [3.63, 3.8) is 0 Å². The molecule has 0 aliphatic carbocycles. The third-order valence-corrected chi connectivity index (χ3v) is 4.78. The lowest BCUT2D eigenvalue weighted by Crippen LogP contribution is -2.17. The van der Waals surface area contributed by atoms with E-state index in [0.717, 1.165) is 16.7 Å². The van der Waals surface area contributed by atoms with Gasteiger partial charge in [-0.1, -0.05) is 41.9 Å². The topological polar surface area (TPSA) is 55.6 Å². The Kier molecular flexibility index (Phi) is 5.32. The summed E-state index contributed by atoms with van der Waals surface area (Å²) in [5, 5.41) is 2.49. The normalized spacial score (nSPS) is 11.5. The van der Waals surface area contributed by atoms with Gasteiger partial charge in [-0.25, -0.2) is 4.98 Å². The smallest absolute Gasteiger partial charge is 0.417 e. The number of anilines is 1. The van der Waals surface area contributed by atoms with E-state index in [-0.39, 0.29) is 22.1 Å². The fraction of sp³-hybridized carbons (Fsp3) is 0.0909. The highest BCUT2D eigenvalue weighted by atomic mass is 35.5. The molecule has 0 fully saturated rings. The first kappa shape index (κ1) is 20.7. The number of aromatic nitrogens is 2. The second kappa shape index (κ2) is 7.96. The van der Waals surface area contributed by atoms with Crippen LogP contribution in [0, 0.1) is 6.92 Å². The predicted octanol–water partition coefficient (Wildman–Crippen LogP) is 6.36. The maximum atomic E-state index is 13.2. The fourth-order valence-corrected chi connectivity index (χ4v) is 3.35. The van der Waals surface area contributed by atoms with E-state index >= 15 is 0 Å². The molecule has 0 bridgehead atoms. The van der Waals surface area contributed by atoms with Crippen LogP contribution in [-0.4, -0.2) is 15.3 Å². The first-order valence-corrected chi connectivity index (χ1v) is 9.50. The highest BCUT2D eigenvalue weighted by Crippen LogP contribution is 2.34. The zero-order chi connectivity index (χ0) is 22.2. The van der Waals surface area contributed by atoms with Crippen LogP contribution < -0.4 is 10.1 Å². The van der Waals surface area contributed by atoms with E-state index in [0.29, 0.717) is 17.2 Å². The summed E-state index contributed by atoms with van der Waals surface area (Å²) in [6.45, 7) is 1.53. The Morgan fingerprint density at radius 3 is 2.48 bits per heavy atom. The molecule has 0 unspecified atom stereocenters. The van der Waals surface area contributed by atoms with E-state index in [1.807, 2.05) is 6.07 Å². The summed E-state index contributed by atoms with van der Waals surface area (Å²) >= 11 is 6.00. The molecule has 0 aliphatic rings. The second-order valence-corrected chi connectivity index (χ2v) is 7.09. The number of amides is 1. The lowest BCUT2D eigenvalue weighted by atomic mass is 10.2. The molecule has 9 heteroatoms. The number of carbonyl (C=O) groups excluding carboxylic acids is 1. The summed E-state index contributed by atoms with van der Waals surface area (Å²) in [5.74, 6) is 0.295. The Hall–Kier alpha value is -3.52. The lowest BCUT2D eigenvalue weighted by molar-refractivity contribution is -0.137. The molecule has 2 aromatic heterocycles. The van der Waals surface area contributed by atoms with Crippen molar-refractivity contribution in [2.45, 2.75) is 13.1 Å². The molecule has 0 radical (unpaired) electrons. The fourth-order valence-electron chi connectivity index (χ4n) is 3.10. The van der Waals surface area contributed by atoms with Gasteiger partial charge in [0.2, 0.25) is 0 Å². The number of rotatable bonds is 4. The van der Waals surface area contributed by atoms with Gasteiger partial charge in [-0.2, -0.15) is 13.2 Å². The average molecular weight is 446 g/mol. The summed E-state index contributed by atoms with van der Waals surface area (Å²) in [6.07, 6.45) is -3.82. The average Bonchev–Trinajstić information content (AvgIpc) is 3.06. The third-order valence-electron chi connectivity index (χ3n) is 4.50. The molecule has 31 heavy (non-hydrogen) atoms. The number of hydrogen-bond donors (Lipinski definition) is 1. The molecule has 4 rings (SSSR count). The lowest BCUT2D eigenvalue weighted by Gasteiger charge is -2.13. The molecule has 2 heterocycles. The molecule has 4 aromatic rings. The van der Waals surface area contributed by atoms with Gasteiger partial charge in [0.15, 0.2) is 11.4 Å². The van der Waals surface area contributed by atoms with E-state index < -0.39 is 17.6 Å². The molecule has 0 saturated carbocycles. The summed E-state index contributed by atoms with van der Waals surface area (Å²) < 4.78 is 46.6. The number of pyridine rings is 1. The highest BCUT2D eigenvalue weighted by Gasteiger charge is 2.33. The van der Waals surface area contributed by atoms with Gasteiger partial charge in [0.25, 0.3) is 5.91 Å². The third kappa shape index (κ3) is 4.20. The van der Waals surface area contributed by atoms with Crippen molar-refractivity contribution in [2.75, 3.05) is 5.32 Å². The first-order chi connectivity index (χ1) is 14.7. The van der Waals surface area contributed by atoms with Crippen molar-refractivity contribution in [2.24, 2.45) is 0 Å². The number of nitrogens with one attached hydrogen (secondary N) is 1. The van der Waals surface area contributed by atoms with E-state index in [4.69, 9.17) is 16.3 Å². The molecular weight excluding hydrogens is 431 g/mol. The molecule has 0 atom stereocenters. The van der Waals surface area contributed by atoms with Gasteiger partial charge in [-0.15, -0.1) is 0 Å². The number of fused-ring (bicyclic) bond motifs is 1. The molecule has 1 amide bonds. The van der Waals surface area contributed by atoms with Gasteiger partial charge in [0, 0.05) is 6.20 Å². The van der Waals surface area contributed by atoms with Crippen LogP contribution in [-0.2, 0) is 6.18 Å². The van der Waals surface area contributed by atoms with Crippen LogP contribution in [0.5, 0.6) is 11.5 Å². The predicted molar refractivity (Wildman–Crippen MR) is 111 cm³/mol. The summed E-state index contributed by atoms with van der Waals surface area (Å²) in [5.41, 5.74) is -0.392. The minimum absolute atomic E-state index is 0.0579. The van der Waals surface area contributed by atoms with Crippen LogP contribution in [0.15, 0.2) is 66.9 Å². The molecule has 2 aromatic carbocycles. The molecular formula is C22H15ClF3N3O2. The van der Waals surface area contributed by atoms with E-state index in [1.165, 1.54) is 6.92 Å². The van der Waals surface area contributed by atoms with E-state index in [2.05, 4.69) is 10.3 Å². The minimum atomic E-state index is -4.63. The van der Waals surface area contributed by atoms with Gasteiger partial charge >= 0.3 is 6.18 Å².